The van der Waals surface area contributed by atoms with E-state index >= 15 is 0 Å². The Bertz CT molecular complexity index is 109. The number of hydrogen-bond acceptors (Lipinski definition) is 0. The van der Waals surface area contributed by atoms with E-state index in [0.29, 0.717) is 11.8 Å². The van der Waals surface area contributed by atoms with Gasteiger partial charge >= 0.3 is 0 Å². The first-order valence-corrected chi connectivity index (χ1v) is 4.11. The van der Waals surface area contributed by atoms with E-state index in [-0.39, 0.29) is 0 Å². The molecule has 1 atom stereocenters. The molecular weight excluding hydrogens is 120 g/mol. The highest BCUT2D eigenvalue weighted by atomic mass is 14.0. The van der Waals surface area contributed by atoms with Crippen molar-refractivity contribution in [3.8, 4) is 0 Å². The summed E-state index contributed by atoms with van der Waals surface area (Å²) in [4.78, 5) is 0. The third kappa shape index (κ3) is 3.71. The van der Waals surface area contributed by atoms with Crippen molar-refractivity contribution in [1.29, 1.82) is 0 Å². The van der Waals surface area contributed by atoms with Gasteiger partial charge in [0.1, 0.15) is 0 Å². The van der Waals surface area contributed by atoms with Gasteiger partial charge in [-0.15, -0.1) is 0 Å². The quantitative estimate of drug-likeness (QED) is 0.562. The van der Waals surface area contributed by atoms with Gasteiger partial charge < -0.3 is 0 Å². The minimum atomic E-state index is 0.606. The molecule has 1 radical (unpaired) electrons. The van der Waals surface area contributed by atoms with Crippen LogP contribution in [0.2, 0.25) is 0 Å². The van der Waals surface area contributed by atoms with Crippen molar-refractivity contribution in [3.63, 3.8) is 0 Å². The summed E-state index contributed by atoms with van der Waals surface area (Å²) in [6, 6.07) is 0. The molecule has 0 fully saturated rings. The molecule has 0 aromatic heterocycles. The fourth-order valence-corrected chi connectivity index (χ4v) is 0.676. The van der Waals surface area contributed by atoms with Crippen LogP contribution in [0, 0.1) is 18.8 Å². The first-order valence-electron chi connectivity index (χ1n) is 4.11. The molecule has 0 aliphatic heterocycles. The van der Waals surface area contributed by atoms with Gasteiger partial charge in [0.2, 0.25) is 0 Å². The van der Waals surface area contributed by atoms with Crippen molar-refractivity contribution in [1.82, 2.24) is 0 Å². The summed E-state index contributed by atoms with van der Waals surface area (Å²) >= 11 is 0. The zero-order valence-corrected chi connectivity index (χ0v) is 7.65. The molecule has 0 spiro atoms. The van der Waals surface area contributed by atoms with Crippen LogP contribution in [0.15, 0.2) is 11.6 Å². The third-order valence-electron chi connectivity index (χ3n) is 1.88. The van der Waals surface area contributed by atoms with E-state index in [1.165, 1.54) is 12.0 Å². The van der Waals surface area contributed by atoms with Gasteiger partial charge in [0.15, 0.2) is 0 Å². The Morgan fingerprint density at radius 1 is 1.40 bits per heavy atom. The summed E-state index contributed by atoms with van der Waals surface area (Å²) in [7, 11) is 0. The van der Waals surface area contributed by atoms with Gasteiger partial charge in [0.25, 0.3) is 0 Å². The molecule has 0 nitrogen and oxygen atoms in total. The van der Waals surface area contributed by atoms with Crippen LogP contribution in [0.1, 0.15) is 34.1 Å². The molecule has 10 heavy (non-hydrogen) atoms. The Labute approximate surface area is 65.3 Å². The molecule has 0 saturated heterocycles. The fraction of sp³-hybridized carbons (Fsp3) is 0.700. The summed E-state index contributed by atoms with van der Waals surface area (Å²) < 4.78 is 0. The van der Waals surface area contributed by atoms with Gasteiger partial charge in [-0.05, 0) is 18.8 Å². The largest absolute Gasteiger partial charge is 0.0822 e. The van der Waals surface area contributed by atoms with E-state index in [1.54, 1.807) is 0 Å². The molecule has 0 aromatic rings. The van der Waals surface area contributed by atoms with Crippen LogP contribution < -0.4 is 0 Å². The highest BCUT2D eigenvalue weighted by Crippen LogP contribution is 2.12. The minimum absolute atomic E-state index is 0.606. The number of hydrogen-bond donors (Lipinski definition) is 0. The molecule has 59 valence electrons. The van der Waals surface area contributed by atoms with Crippen LogP contribution >= 0.6 is 0 Å². The second-order valence-electron chi connectivity index (χ2n) is 3.28. The average molecular weight is 139 g/mol. The molecular formula is C10H19. The van der Waals surface area contributed by atoms with Crippen molar-refractivity contribution in [2.75, 3.05) is 0 Å². The standard InChI is InChI=1S/C10H19/c1-6-9(4)7-10(5)8(2)3/h7-9H,5-6H2,1-4H3/b10-7-. The molecule has 0 heterocycles. The summed E-state index contributed by atoms with van der Waals surface area (Å²) in [6.45, 7) is 12.8. The highest BCUT2D eigenvalue weighted by Gasteiger charge is 1.98. The maximum absolute atomic E-state index is 3.99. The van der Waals surface area contributed by atoms with Gasteiger partial charge in [-0.1, -0.05) is 45.8 Å². The number of rotatable bonds is 3. The molecule has 0 N–H and O–H groups in total. The molecule has 0 heteroatoms. The van der Waals surface area contributed by atoms with Crippen LogP contribution in [-0.2, 0) is 0 Å². The maximum Gasteiger partial charge on any atom is -0.0260 e. The van der Waals surface area contributed by atoms with E-state index in [0.717, 1.165) is 0 Å². The molecule has 0 aliphatic carbocycles. The van der Waals surface area contributed by atoms with E-state index in [2.05, 4.69) is 40.7 Å². The third-order valence-corrected chi connectivity index (χ3v) is 1.88. The monoisotopic (exact) mass is 139 g/mol. The second kappa shape index (κ2) is 4.54. The van der Waals surface area contributed by atoms with E-state index < -0.39 is 0 Å². The molecule has 0 aromatic carbocycles. The lowest BCUT2D eigenvalue weighted by Gasteiger charge is -2.07. The van der Waals surface area contributed by atoms with Gasteiger partial charge in [0.05, 0.1) is 0 Å². The topological polar surface area (TPSA) is 0 Å². The van der Waals surface area contributed by atoms with E-state index in [1.807, 2.05) is 0 Å². The fourth-order valence-electron chi connectivity index (χ4n) is 0.676. The van der Waals surface area contributed by atoms with Crippen molar-refractivity contribution < 1.29 is 0 Å². The lowest BCUT2D eigenvalue weighted by molar-refractivity contribution is 0.675. The molecule has 0 amide bonds. The van der Waals surface area contributed by atoms with Gasteiger partial charge in [-0.25, -0.2) is 0 Å². The molecule has 0 rings (SSSR count). The van der Waals surface area contributed by atoms with Gasteiger partial charge in [0, 0.05) is 0 Å². The van der Waals surface area contributed by atoms with E-state index in [9.17, 15) is 0 Å². The van der Waals surface area contributed by atoms with Gasteiger partial charge in [-0.3, -0.25) is 0 Å². The van der Waals surface area contributed by atoms with Crippen LogP contribution in [0.25, 0.3) is 0 Å². The summed E-state index contributed by atoms with van der Waals surface area (Å²) in [5.74, 6) is 1.30. The van der Waals surface area contributed by atoms with E-state index in [4.69, 9.17) is 0 Å². The molecule has 0 bridgehead atoms. The van der Waals surface area contributed by atoms with Crippen molar-refractivity contribution in [2.24, 2.45) is 11.8 Å². The summed E-state index contributed by atoms with van der Waals surface area (Å²) in [5.41, 5.74) is 1.27. The minimum Gasteiger partial charge on any atom is -0.0822 e. The lowest BCUT2D eigenvalue weighted by atomic mass is 9.99. The lowest BCUT2D eigenvalue weighted by Crippen LogP contribution is -1.93. The van der Waals surface area contributed by atoms with Crippen molar-refractivity contribution in [2.45, 2.75) is 34.1 Å². The second-order valence-corrected chi connectivity index (χ2v) is 3.28. The zero-order valence-electron chi connectivity index (χ0n) is 7.65. The summed E-state index contributed by atoms with van der Waals surface area (Å²) in [5, 5.41) is 0. The Morgan fingerprint density at radius 3 is 2.20 bits per heavy atom. The van der Waals surface area contributed by atoms with Crippen molar-refractivity contribution >= 4 is 0 Å². The van der Waals surface area contributed by atoms with Crippen LogP contribution in [0.3, 0.4) is 0 Å². The summed E-state index contributed by atoms with van der Waals surface area (Å²) in [6.07, 6.45) is 3.48. The van der Waals surface area contributed by atoms with Crippen molar-refractivity contribution in [3.05, 3.63) is 18.6 Å². The van der Waals surface area contributed by atoms with Gasteiger partial charge in [-0.2, -0.15) is 0 Å². The normalized spacial score (nSPS) is 16.0. The zero-order chi connectivity index (χ0) is 8.15. The smallest absolute Gasteiger partial charge is 0.0260 e. The Balaban J connectivity index is 3.89. The SMILES string of the molecule is [CH2]/C(=C/C(C)CC)C(C)C. The maximum atomic E-state index is 3.99. The van der Waals surface area contributed by atoms with Crippen LogP contribution in [0.4, 0.5) is 0 Å². The Hall–Kier alpha value is -0.260. The van der Waals surface area contributed by atoms with Crippen LogP contribution in [0.5, 0.6) is 0 Å². The number of allylic oxidation sites excluding steroid dienone is 2. The predicted molar refractivity (Wildman–Crippen MR) is 47.7 cm³/mol. The average Bonchev–Trinajstić information content (AvgIpc) is 1.87. The highest BCUT2D eigenvalue weighted by molar-refractivity contribution is 5.09. The first kappa shape index (κ1) is 9.74. The Morgan fingerprint density at radius 2 is 1.90 bits per heavy atom. The molecule has 0 saturated carbocycles. The predicted octanol–water partition coefficient (Wildman–Crippen LogP) is 3.45. The Kier molecular flexibility index (Phi) is 4.42. The first-order chi connectivity index (χ1) is 4.57. The van der Waals surface area contributed by atoms with Crippen LogP contribution in [-0.4, -0.2) is 0 Å². The molecule has 1 unspecified atom stereocenters. The molecule has 0 aliphatic rings.